The SMILES string of the molecule is COc1cc([C@H]2Oc3cc(O)c(C/C=C(\C)CCC=C(C)C)c(O)c3C(=O)[C@@H]2O)ccc1O. The number of aliphatic hydroxyl groups is 1. The number of benzene rings is 2. The number of hydrogen-bond donors (Lipinski definition) is 4. The van der Waals surface area contributed by atoms with Crippen LogP contribution in [-0.4, -0.2) is 39.4 Å². The molecule has 0 fully saturated rings. The molecule has 0 radical (unpaired) electrons. The molecule has 3 rings (SSSR count). The van der Waals surface area contributed by atoms with Crippen molar-refractivity contribution in [2.45, 2.75) is 52.2 Å². The molecule has 0 saturated carbocycles. The third kappa shape index (κ3) is 5.14. The molecule has 0 aliphatic carbocycles. The van der Waals surface area contributed by atoms with E-state index in [1.54, 1.807) is 0 Å². The van der Waals surface area contributed by atoms with Crippen LogP contribution < -0.4 is 9.47 Å². The van der Waals surface area contributed by atoms with Gasteiger partial charge in [0.15, 0.2) is 23.7 Å². The highest BCUT2D eigenvalue weighted by Crippen LogP contribution is 2.45. The van der Waals surface area contributed by atoms with Crippen LogP contribution in [0.2, 0.25) is 0 Å². The lowest BCUT2D eigenvalue weighted by Crippen LogP contribution is -2.36. The van der Waals surface area contributed by atoms with Gasteiger partial charge in [-0.15, -0.1) is 0 Å². The molecule has 2 aromatic carbocycles. The van der Waals surface area contributed by atoms with Crippen LogP contribution in [0, 0.1) is 0 Å². The van der Waals surface area contributed by atoms with Crippen LogP contribution in [0.25, 0.3) is 0 Å². The van der Waals surface area contributed by atoms with Crippen molar-refractivity contribution in [3.8, 4) is 28.7 Å². The van der Waals surface area contributed by atoms with E-state index in [1.807, 2.05) is 26.8 Å². The van der Waals surface area contributed by atoms with Crippen LogP contribution in [0.5, 0.6) is 28.7 Å². The first-order valence-corrected chi connectivity index (χ1v) is 10.8. The summed E-state index contributed by atoms with van der Waals surface area (Å²) < 4.78 is 10.9. The molecule has 2 atom stereocenters. The lowest BCUT2D eigenvalue weighted by Gasteiger charge is -2.31. The number of methoxy groups -OCH3 is 1. The topological polar surface area (TPSA) is 116 Å². The quantitative estimate of drug-likeness (QED) is 0.447. The number of allylic oxidation sites excluding steroid dienone is 4. The number of aliphatic hydroxyl groups excluding tert-OH is 1. The molecule has 1 aliphatic heterocycles. The van der Waals surface area contributed by atoms with Gasteiger partial charge < -0.3 is 29.9 Å². The van der Waals surface area contributed by atoms with Crippen molar-refractivity contribution in [2.24, 2.45) is 0 Å². The first kappa shape index (κ1) is 24.2. The van der Waals surface area contributed by atoms with Crippen molar-refractivity contribution >= 4 is 5.78 Å². The average Bonchev–Trinajstić information content (AvgIpc) is 2.76. The summed E-state index contributed by atoms with van der Waals surface area (Å²) in [4.78, 5) is 13.0. The number of rotatable bonds is 7. The number of phenolic OH excluding ortho intramolecular Hbond substituents is 3. The molecular weight excluding hydrogens is 424 g/mol. The van der Waals surface area contributed by atoms with Crippen molar-refractivity contribution in [2.75, 3.05) is 7.11 Å². The van der Waals surface area contributed by atoms with Crippen LogP contribution in [-0.2, 0) is 6.42 Å². The third-order valence-corrected chi connectivity index (χ3v) is 5.68. The van der Waals surface area contributed by atoms with E-state index >= 15 is 0 Å². The summed E-state index contributed by atoms with van der Waals surface area (Å²) in [6, 6.07) is 5.61. The van der Waals surface area contributed by atoms with Crippen LogP contribution >= 0.6 is 0 Å². The molecule has 33 heavy (non-hydrogen) atoms. The van der Waals surface area contributed by atoms with E-state index in [4.69, 9.17) is 9.47 Å². The van der Waals surface area contributed by atoms with Crippen molar-refractivity contribution < 1.29 is 34.7 Å². The smallest absolute Gasteiger partial charge is 0.202 e. The largest absolute Gasteiger partial charge is 0.507 e. The van der Waals surface area contributed by atoms with Gasteiger partial charge in [-0.05, 0) is 57.7 Å². The summed E-state index contributed by atoms with van der Waals surface area (Å²) in [7, 11) is 1.38. The highest BCUT2D eigenvalue weighted by molar-refractivity contribution is 6.06. The summed E-state index contributed by atoms with van der Waals surface area (Å²) in [6.07, 6.45) is 3.33. The van der Waals surface area contributed by atoms with Gasteiger partial charge in [0, 0.05) is 11.6 Å². The van der Waals surface area contributed by atoms with E-state index in [-0.39, 0.29) is 40.5 Å². The van der Waals surface area contributed by atoms with Crippen LogP contribution in [0.3, 0.4) is 0 Å². The fourth-order valence-corrected chi connectivity index (χ4v) is 3.78. The van der Waals surface area contributed by atoms with Crippen LogP contribution in [0.15, 0.2) is 47.6 Å². The van der Waals surface area contributed by atoms with E-state index in [0.717, 1.165) is 18.4 Å². The monoisotopic (exact) mass is 454 g/mol. The number of phenols is 3. The molecule has 176 valence electrons. The van der Waals surface area contributed by atoms with Crippen molar-refractivity contribution in [1.29, 1.82) is 0 Å². The zero-order valence-electron chi connectivity index (χ0n) is 19.3. The number of aromatic hydroxyl groups is 3. The van der Waals surface area contributed by atoms with Gasteiger partial charge in [0.25, 0.3) is 0 Å². The van der Waals surface area contributed by atoms with Crippen LogP contribution in [0.4, 0.5) is 0 Å². The Kier molecular flexibility index (Phi) is 7.33. The fourth-order valence-electron chi connectivity index (χ4n) is 3.78. The van der Waals surface area contributed by atoms with E-state index in [2.05, 4.69) is 6.08 Å². The standard InChI is InChI=1S/C26H30O7/c1-14(2)6-5-7-15(3)8-10-17-19(28)13-21-22(23(17)29)24(30)25(31)26(33-21)16-9-11-18(27)20(12-16)32-4/h6,8-9,11-13,25-29,31H,5,7,10H2,1-4H3/b15-8+/t25-,26+/m0/s1. The first-order valence-electron chi connectivity index (χ1n) is 10.8. The van der Waals surface area contributed by atoms with Gasteiger partial charge in [-0.3, -0.25) is 4.79 Å². The predicted molar refractivity (Wildman–Crippen MR) is 124 cm³/mol. The number of carbonyl (C=O) groups excluding carboxylic acids is 1. The first-order chi connectivity index (χ1) is 15.6. The molecule has 1 heterocycles. The molecule has 0 unspecified atom stereocenters. The molecule has 0 bridgehead atoms. The van der Waals surface area contributed by atoms with Gasteiger partial charge in [-0.1, -0.05) is 29.4 Å². The Morgan fingerprint density at radius 1 is 1.09 bits per heavy atom. The average molecular weight is 455 g/mol. The highest BCUT2D eigenvalue weighted by atomic mass is 16.5. The number of carbonyl (C=O) groups is 1. The number of fused-ring (bicyclic) bond motifs is 1. The molecule has 4 N–H and O–H groups in total. The van der Waals surface area contributed by atoms with Gasteiger partial charge in [-0.2, -0.15) is 0 Å². The maximum absolute atomic E-state index is 13.0. The molecule has 1 aliphatic rings. The maximum atomic E-state index is 13.0. The molecular formula is C26H30O7. The number of Topliss-reactive ketones (excluding diaryl/α,β-unsaturated/α-hetero) is 1. The Balaban J connectivity index is 1.90. The normalized spacial score (nSPS) is 17.8. The van der Waals surface area contributed by atoms with E-state index in [9.17, 15) is 25.2 Å². The van der Waals surface area contributed by atoms with Gasteiger partial charge in [0.1, 0.15) is 22.8 Å². The van der Waals surface area contributed by atoms with Gasteiger partial charge in [-0.25, -0.2) is 0 Å². The number of hydrogen-bond acceptors (Lipinski definition) is 7. The fraction of sp³-hybridized carbons (Fsp3) is 0.346. The van der Waals surface area contributed by atoms with Crippen molar-refractivity contribution in [3.05, 3.63) is 64.3 Å². The summed E-state index contributed by atoms with van der Waals surface area (Å²) >= 11 is 0. The molecule has 0 spiro atoms. The lowest BCUT2D eigenvalue weighted by molar-refractivity contribution is 0.0209. The van der Waals surface area contributed by atoms with E-state index in [1.165, 1.54) is 36.9 Å². The lowest BCUT2D eigenvalue weighted by atomic mass is 9.90. The Labute approximate surface area is 193 Å². The summed E-state index contributed by atoms with van der Waals surface area (Å²) in [5, 5.41) is 41.8. The molecule has 0 saturated heterocycles. The minimum absolute atomic E-state index is 0.0228. The Morgan fingerprint density at radius 3 is 2.48 bits per heavy atom. The zero-order chi connectivity index (χ0) is 24.3. The highest BCUT2D eigenvalue weighted by Gasteiger charge is 2.40. The molecule has 7 heteroatoms. The number of ether oxygens (including phenoxy) is 2. The molecule has 0 amide bonds. The van der Waals surface area contributed by atoms with Crippen molar-refractivity contribution in [1.82, 2.24) is 0 Å². The third-order valence-electron chi connectivity index (χ3n) is 5.68. The van der Waals surface area contributed by atoms with Gasteiger partial charge >= 0.3 is 0 Å². The van der Waals surface area contributed by atoms with Crippen molar-refractivity contribution in [3.63, 3.8) is 0 Å². The Hall–Kier alpha value is -3.45. The summed E-state index contributed by atoms with van der Waals surface area (Å²) in [5.41, 5.74) is 2.77. The summed E-state index contributed by atoms with van der Waals surface area (Å²) in [5.74, 6) is -1.27. The summed E-state index contributed by atoms with van der Waals surface area (Å²) in [6.45, 7) is 6.05. The molecule has 2 aromatic rings. The minimum Gasteiger partial charge on any atom is -0.507 e. The maximum Gasteiger partial charge on any atom is 0.202 e. The van der Waals surface area contributed by atoms with Crippen LogP contribution in [0.1, 0.15) is 61.2 Å². The van der Waals surface area contributed by atoms with Gasteiger partial charge in [0.05, 0.1) is 7.11 Å². The number of ketones is 1. The second-order valence-electron chi connectivity index (χ2n) is 8.45. The van der Waals surface area contributed by atoms with E-state index < -0.39 is 23.7 Å². The molecule has 7 nitrogen and oxygen atoms in total. The van der Waals surface area contributed by atoms with Gasteiger partial charge in [0.2, 0.25) is 5.78 Å². The predicted octanol–water partition coefficient (Wildman–Crippen LogP) is 4.72. The Morgan fingerprint density at radius 2 is 1.82 bits per heavy atom. The minimum atomic E-state index is -1.59. The molecule has 0 aromatic heterocycles. The Bertz CT molecular complexity index is 1110. The second kappa shape index (κ2) is 10.0. The van der Waals surface area contributed by atoms with E-state index in [0.29, 0.717) is 5.56 Å². The second-order valence-corrected chi connectivity index (χ2v) is 8.45. The zero-order valence-corrected chi connectivity index (χ0v) is 19.3.